The predicted molar refractivity (Wildman–Crippen MR) is 55.2 cm³/mol. The maximum Gasteiger partial charge on any atom is 0.512 e. The topological polar surface area (TPSA) is 46.5 Å². The summed E-state index contributed by atoms with van der Waals surface area (Å²) in [6.07, 6.45) is -1.26. The Labute approximate surface area is 84.6 Å². The summed E-state index contributed by atoms with van der Waals surface area (Å²) in [5.74, 6) is 0. The second-order valence-electron chi connectivity index (χ2n) is 2.88. The fraction of sp³-hybridized carbons (Fsp3) is 0.100. The first kappa shape index (κ1) is 9.02. The van der Waals surface area contributed by atoms with E-state index in [0.29, 0.717) is 5.06 Å². The number of aryl methyl sites for hydroxylation is 1. The number of thiophene rings is 1. The summed E-state index contributed by atoms with van der Waals surface area (Å²) in [6, 6.07) is 7.74. The quantitative estimate of drug-likeness (QED) is 0.731. The Hall–Kier alpha value is -1.55. The van der Waals surface area contributed by atoms with E-state index >= 15 is 0 Å². The summed E-state index contributed by atoms with van der Waals surface area (Å²) in [6.45, 7) is 1.86. The molecule has 0 aliphatic rings. The molecule has 0 aliphatic carbocycles. The van der Waals surface area contributed by atoms with Crippen LogP contribution in [0.4, 0.5) is 4.79 Å². The van der Waals surface area contributed by atoms with Crippen LogP contribution in [0.2, 0.25) is 0 Å². The number of benzene rings is 1. The Morgan fingerprint density at radius 3 is 2.79 bits per heavy atom. The number of carbonyl (C=O) groups is 1. The predicted octanol–water partition coefficient (Wildman–Crippen LogP) is 3.27. The molecule has 0 atom stereocenters. The highest BCUT2D eigenvalue weighted by atomic mass is 32.1. The summed E-state index contributed by atoms with van der Waals surface area (Å²) in [4.78, 5) is 10.4. The van der Waals surface area contributed by atoms with Gasteiger partial charge in [0.15, 0.2) is 5.06 Å². The van der Waals surface area contributed by atoms with Crippen molar-refractivity contribution in [3.8, 4) is 5.06 Å². The Morgan fingerprint density at radius 2 is 2.14 bits per heavy atom. The molecule has 1 N–H and O–H groups in total. The second kappa shape index (κ2) is 3.31. The average molecular weight is 208 g/mol. The Bertz CT molecular complexity index is 487. The number of fused-ring (bicyclic) bond motifs is 1. The van der Waals surface area contributed by atoms with E-state index in [1.54, 1.807) is 0 Å². The summed E-state index contributed by atoms with van der Waals surface area (Å²) in [7, 11) is 0. The van der Waals surface area contributed by atoms with Gasteiger partial charge in [-0.2, -0.15) is 0 Å². The van der Waals surface area contributed by atoms with E-state index in [2.05, 4.69) is 4.74 Å². The van der Waals surface area contributed by atoms with Crippen molar-refractivity contribution in [2.75, 3.05) is 0 Å². The van der Waals surface area contributed by atoms with Crippen molar-refractivity contribution in [1.29, 1.82) is 0 Å². The van der Waals surface area contributed by atoms with Crippen LogP contribution >= 0.6 is 11.3 Å². The van der Waals surface area contributed by atoms with E-state index in [0.717, 1.165) is 15.6 Å². The first-order valence-electron chi connectivity index (χ1n) is 4.07. The normalized spacial score (nSPS) is 10.4. The Morgan fingerprint density at radius 1 is 1.43 bits per heavy atom. The molecule has 0 radical (unpaired) electrons. The molecule has 0 saturated carbocycles. The van der Waals surface area contributed by atoms with Crippen molar-refractivity contribution in [1.82, 2.24) is 0 Å². The average Bonchev–Trinajstić information content (AvgIpc) is 2.44. The molecule has 0 spiro atoms. The standard InChI is InChI=1S/C10H8O3S/c1-6-7-4-2-3-5-8(7)14-9(6)13-10(11)12/h2-5H,1H3,(H,11,12). The molecular weight excluding hydrogens is 200 g/mol. The van der Waals surface area contributed by atoms with Crippen LogP contribution in [0, 0.1) is 6.92 Å². The Kier molecular flexibility index (Phi) is 2.13. The van der Waals surface area contributed by atoms with Crippen molar-refractivity contribution in [3.63, 3.8) is 0 Å². The molecule has 1 aromatic heterocycles. The van der Waals surface area contributed by atoms with E-state index < -0.39 is 6.16 Å². The van der Waals surface area contributed by atoms with Crippen molar-refractivity contribution < 1.29 is 14.6 Å². The number of hydrogen-bond donors (Lipinski definition) is 1. The summed E-state index contributed by atoms with van der Waals surface area (Å²) in [5, 5.41) is 10.0. The molecule has 72 valence electrons. The van der Waals surface area contributed by atoms with Crippen LogP contribution in [0.3, 0.4) is 0 Å². The van der Waals surface area contributed by atoms with Crippen molar-refractivity contribution in [2.24, 2.45) is 0 Å². The zero-order valence-electron chi connectivity index (χ0n) is 7.48. The molecule has 0 unspecified atom stereocenters. The lowest BCUT2D eigenvalue weighted by Gasteiger charge is -1.95. The van der Waals surface area contributed by atoms with E-state index in [4.69, 9.17) is 5.11 Å². The zero-order chi connectivity index (χ0) is 10.1. The van der Waals surface area contributed by atoms with Crippen molar-refractivity contribution >= 4 is 27.6 Å². The van der Waals surface area contributed by atoms with Gasteiger partial charge in [-0.15, -0.1) is 0 Å². The Balaban J connectivity index is 2.57. The van der Waals surface area contributed by atoms with Gasteiger partial charge in [-0.1, -0.05) is 29.5 Å². The monoisotopic (exact) mass is 208 g/mol. The second-order valence-corrected chi connectivity index (χ2v) is 3.89. The van der Waals surface area contributed by atoms with Crippen LogP contribution < -0.4 is 4.74 Å². The molecule has 0 fully saturated rings. The molecule has 14 heavy (non-hydrogen) atoms. The highest BCUT2D eigenvalue weighted by Gasteiger charge is 2.11. The van der Waals surface area contributed by atoms with Gasteiger partial charge in [0.2, 0.25) is 0 Å². The smallest absolute Gasteiger partial charge is 0.449 e. The SMILES string of the molecule is Cc1c(OC(=O)O)sc2ccccc12. The third kappa shape index (κ3) is 1.44. The van der Waals surface area contributed by atoms with Gasteiger partial charge in [-0.3, -0.25) is 0 Å². The van der Waals surface area contributed by atoms with E-state index in [9.17, 15) is 4.79 Å². The summed E-state index contributed by atoms with van der Waals surface area (Å²) >= 11 is 1.35. The van der Waals surface area contributed by atoms with Gasteiger partial charge < -0.3 is 9.84 Å². The van der Waals surface area contributed by atoms with Gasteiger partial charge in [0, 0.05) is 10.3 Å². The number of carboxylic acid groups (broad SMARTS) is 1. The summed E-state index contributed by atoms with van der Waals surface area (Å²) in [5.41, 5.74) is 0.882. The van der Waals surface area contributed by atoms with E-state index in [-0.39, 0.29) is 0 Å². The maximum atomic E-state index is 10.4. The first-order chi connectivity index (χ1) is 6.68. The molecule has 1 aromatic carbocycles. The van der Waals surface area contributed by atoms with Crippen LogP contribution in [-0.4, -0.2) is 11.3 Å². The zero-order valence-corrected chi connectivity index (χ0v) is 8.30. The van der Waals surface area contributed by atoms with Crippen LogP contribution in [0.5, 0.6) is 5.06 Å². The molecule has 1 heterocycles. The lowest BCUT2D eigenvalue weighted by Crippen LogP contribution is -2.02. The van der Waals surface area contributed by atoms with E-state index in [1.807, 2.05) is 31.2 Å². The van der Waals surface area contributed by atoms with Crippen LogP contribution in [0.1, 0.15) is 5.56 Å². The maximum absolute atomic E-state index is 10.4. The van der Waals surface area contributed by atoms with Gasteiger partial charge >= 0.3 is 6.16 Å². The molecule has 0 aliphatic heterocycles. The van der Waals surface area contributed by atoms with Crippen molar-refractivity contribution in [3.05, 3.63) is 29.8 Å². The van der Waals surface area contributed by atoms with E-state index in [1.165, 1.54) is 11.3 Å². The lowest BCUT2D eigenvalue weighted by molar-refractivity contribution is 0.145. The van der Waals surface area contributed by atoms with Gasteiger partial charge in [-0.05, 0) is 18.4 Å². The minimum Gasteiger partial charge on any atom is -0.449 e. The van der Waals surface area contributed by atoms with Crippen LogP contribution in [0.15, 0.2) is 24.3 Å². The van der Waals surface area contributed by atoms with Gasteiger partial charge in [0.25, 0.3) is 0 Å². The highest BCUT2D eigenvalue weighted by Crippen LogP contribution is 2.36. The van der Waals surface area contributed by atoms with Gasteiger partial charge in [0.05, 0.1) is 0 Å². The lowest BCUT2D eigenvalue weighted by atomic mass is 10.2. The van der Waals surface area contributed by atoms with Crippen LogP contribution in [-0.2, 0) is 0 Å². The molecule has 3 nitrogen and oxygen atoms in total. The largest absolute Gasteiger partial charge is 0.512 e. The minimum atomic E-state index is -1.26. The third-order valence-electron chi connectivity index (χ3n) is 1.98. The molecule has 2 rings (SSSR count). The fourth-order valence-corrected chi connectivity index (χ4v) is 2.38. The number of rotatable bonds is 1. The summed E-state index contributed by atoms with van der Waals surface area (Å²) < 4.78 is 5.71. The molecule has 0 bridgehead atoms. The number of hydrogen-bond acceptors (Lipinski definition) is 3. The molecule has 4 heteroatoms. The van der Waals surface area contributed by atoms with Gasteiger partial charge in [-0.25, -0.2) is 4.79 Å². The molecule has 0 saturated heterocycles. The third-order valence-corrected chi connectivity index (χ3v) is 3.13. The van der Waals surface area contributed by atoms with Gasteiger partial charge in [0.1, 0.15) is 0 Å². The minimum absolute atomic E-state index is 0.457. The molecule has 2 aromatic rings. The highest BCUT2D eigenvalue weighted by molar-refractivity contribution is 7.21. The molecule has 0 amide bonds. The fourth-order valence-electron chi connectivity index (χ4n) is 1.33. The van der Waals surface area contributed by atoms with Crippen molar-refractivity contribution in [2.45, 2.75) is 6.92 Å². The molecular formula is C10H8O3S. The van der Waals surface area contributed by atoms with Crippen LogP contribution in [0.25, 0.3) is 10.1 Å². The number of ether oxygens (including phenoxy) is 1. The first-order valence-corrected chi connectivity index (χ1v) is 4.89.